The summed E-state index contributed by atoms with van der Waals surface area (Å²) in [6, 6.07) is 88.1. The lowest BCUT2D eigenvalue weighted by molar-refractivity contribution is 1.18. The average Bonchev–Trinajstić information content (AvgIpc) is 3.67. The predicted molar refractivity (Wildman–Crippen MR) is 255 cm³/mol. The van der Waals surface area contributed by atoms with E-state index in [1.54, 1.807) is 0 Å². The highest BCUT2D eigenvalue weighted by Gasteiger charge is 2.24. The van der Waals surface area contributed by atoms with E-state index >= 15 is 0 Å². The van der Waals surface area contributed by atoms with Gasteiger partial charge < -0.3 is 9.47 Å². The van der Waals surface area contributed by atoms with Crippen LogP contribution in [-0.2, 0) is 0 Å². The molecule has 0 saturated heterocycles. The van der Waals surface area contributed by atoms with Gasteiger partial charge in [-0.2, -0.15) is 0 Å². The Bertz CT molecular complexity index is 3270. The molecule has 0 aliphatic rings. The van der Waals surface area contributed by atoms with Crippen molar-refractivity contribution in [3.63, 3.8) is 0 Å². The van der Waals surface area contributed by atoms with Crippen molar-refractivity contribution >= 4 is 49.6 Å². The molecule has 0 bridgehead atoms. The molecule has 0 unspecified atom stereocenters. The summed E-state index contributed by atoms with van der Waals surface area (Å²) in [5, 5.41) is 4.96. The number of hydrogen-bond acceptors (Lipinski definition) is 1. The zero-order chi connectivity index (χ0) is 39.8. The lowest BCUT2D eigenvalue weighted by Crippen LogP contribution is -2.13. The van der Waals surface area contributed by atoms with E-state index < -0.39 is 0 Å². The van der Waals surface area contributed by atoms with Crippen LogP contribution in [0.1, 0.15) is 0 Å². The SMILES string of the molecule is c1ccc(-c2ccccc2N(c2cccc(-c3cccc4ccccc34)c2)c2cccc(-c3ccccc3)c2-c2cccc(-n3c4ccccc4c4ccccc43)c2)cc1. The van der Waals surface area contributed by atoms with Crippen molar-refractivity contribution in [2.75, 3.05) is 4.90 Å². The molecule has 60 heavy (non-hydrogen) atoms. The molecular formula is C58H40N2. The fourth-order valence-corrected chi connectivity index (χ4v) is 9.12. The third-order valence-electron chi connectivity index (χ3n) is 11.8. The van der Waals surface area contributed by atoms with Crippen LogP contribution in [0.3, 0.4) is 0 Å². The minimum absolute atomic E-state index is 1.08. The molecule has 11 aromatic rings. The molecule has 11 rings (SSSR count). The standard InChI is InChI=1S/C58H40N2/c1-3-19-42(20-4-1)50-30-9-12-35-54(50)60(46-27-15-25-44(39-46)49-33-17-24-41-23-7-8-29-48(41)49)57-38-18-34-51(43-21-5-2-6-22-43)58(57)45-26-16-28-47(40-45)59-55-36-13-10-31-52(55)53-32-11-14-37-56(53)59/h1-40H. The highest BCUT2D eigenvalue weighted by Crippen LogP contribution is 2.49. The molecule has 0 fully saturated rings. The third kappa shape index (κ3) is 6.14. The van der Waals surface area contributed by atoms with Crippen molar-refractivity contribution in [2.24, 2.45) is 0 Å². The largest absolute Gasteiger partial charge is 0.309 e. The Morgan fingerprint density at radius 2 is 0.800 bits per heavy atom. The molecule has 0 amide bonds. The van der Waals surface area contributed by atoms with Crippen LogP contribution in [0.25, 0.3) is 82.8 Å². The normalized spacial score (nSPS) is 11.3. The zero-order valence-corrected chi connectivity index (χ0v) is 33.0. The van der Waals surface area contributed by atoms with Crippen LogP contribution in [0, 0.1) is 0 Å². The molecule has 0 saturated carbocycles. The topological polar surface area (TPSA) is 8.17 Å². The van der Waals surface area contributed by atoms with Gasteiger partial charge in [0, 0.05) is 33.3 Å². The number of hydrogen-bond donors (Lipinski definition) is 0. The molecule has 2 nitrogen and oxygen atoms in total. The van der Waals surface area contributed by atoms with Gasteiger partial charge >= 0.3 is 0 Å². The fourth-order valence-electron chi connectivity index (χ4n) is 9.12. The lowest BCUT2D eigenvalue weighted by Gasteiger charge is -2.31. The van der Waals surface area contributed by atoms with E-state index in [-0.39, 0.29) is 0 Å². The maximum Gasteiger partial charge on any atom is 0.0546 e. The summed E-state index contributed by atoms with van der Waals surface area (Å²) in [5.41, 5.74) is 16.1. The Hall–Kier alpha value is -7.94. The van der Waals surface area contributed by atoms with Crippen molar-refractivity contribution in [2.45, 2.75) is 0 Å². The minimum Gasteiger partial charge on any atom is -0.309 e. The number of anilines is 3. The van der Waals surface area contributed by atoms with Gasteiger partial charge in [-0.15, -0.1) is 0 Å². The van der Waals surface area contributed by atoms with Gasteiger partial charge in [-0.1, -0.05) is 194 Å². The van der Waals surface area contributed by atoms with Crippen molar-refractivity contribution in [3.05, 3.63) is 243 Å². The van der Waals surface area contributed by atoms with E-state index in [1.165, 1.54) is 49.3 Å². The Morgan fingerprint density at radius 3 is 1.57 bits per heavy atom. The first-order valence-electron chi connectivity index (χ1n) is 20.6. The van der Waals surface area contributed by atoms with Crippen molar-refractivity contribution in [1.82, 2.24) is 4.57 Å². The second-order valence-corrected chi connectivity index (χ2v) is 15.3. The van der Waals surface area contributed by atoms with Crippen LogP contribution >= 0.6 is 0 Å². The number of aromatic nitrogens is 1. The minimum atomic E-state index is 1.08. The number of nitrogens with zero attached hydrogens (tertiary/aromatic N) is 2. The van der Waals surface area contributed by atoms with Crippen LogP contribution in [0.15, 0.2) is 243 Å². The number of benzene rings is 10. The molecule has 0 N–H and O–H groups in total. The highest BCUT2D eigenvalue weighted by molar-refractivity contribution is 6.09. The van der Waals surface area contributed by atoms with Gasteiger partial charge in [-0.25, -0.2) is 0 Å². The molecule has 0 radical (unpaired) electrons. The Labute approximate surface area is 350 Å². The third-order valence-corrected chi connectivity index (χ3v) is 11.8. The van der Waals surface area contributed by atoms with E-state index in [4.69, 9.17) is 0 Å². The van der Waals surface area contributed by atoms with Crippen molar-refractivity contribution in [1.29, 1.82) is 0 Å². The Kier molecular flexibility index (Phi) is 8.87. The van der Waals surface area contributed by atoms with E-state index in [0.717, 1.165) is 50.6 Å². The summed E-state index contributed by atoms with van der Waals surface area (Å²) in [6.45, 7) is 0. The molecule has 0 aliphatic carbocycles. The number of fused-ring (bicyclic) bond motifs is 4. The second kappa shape index (κ2) is 15.1. The zero-order valence-electron chi connectivity index (χ0n) is 33.0. The van der Waals surface area contributed by atoms with Gasteiger partial charge in [-0.3, -0.25) is 0 Å². The summed E-state index contributed by atoms with van der Waals surface area (Å²) in [7, 11) is 0. The first-order valence-corrected chi connectivity index (χ1v) is 20.6. The van der Waals surface area contributed by atoms with Crippen LogP contribution in [-0.4, -0.2) is 4.57 Å². The fraction of sp³-hybridized carbons (Fsp3) is 0. The predicted octanol–water partition coefficient (Wildman–Crippen LogP) is 16.1. The molecule has 1 aromatic heterocycles. The van der Waals surface area contributed by atoms with Crippen molar-refractivity contribution in [3.8, 4) is 50.2 Å². The highest BCUT2D eigenvalue weighted by atomic mass is 15.1. The van der Waals surface area contributed by atoms with Crippen LogP contribution in [0.2, 0.25) is 0 Å². The first-order chi connectivity index (χ1) is 29.8. The van der Waals surface area contributed by atoms with Gasteiger partial charge in [0.05, 0.1) is 22.4 Å². The summed E-state index contributed by atoms with van der Waals surface area (Å²) >= 11 is 0. The quantitative estimate of drug-likeness (QED) is 0.150. The molecule has 282 valence electrons. The molecular weight excluding hydrogens is 725 g/mol. The smallest absolute Gasteiger partial charge is 0.0546 e. The first kappa shape index (κ1) is 35.2. The molecule has 10 aromatic carbocycles. The van der Waals surface area contributed by atoms with Crippen molar-refractivity contribution < 1.29 is 0 Å². The number of rotatable bonds is 8. The summed E-state index contributed by atoms with van der Waals surface area (Å²) in [4.78, 5) is 2.48. The van der Waals surface area contributed by atoms with Crippen LogP contribution < -0.4 is 4.90 Å². The van der Waals surface area contributed by atoms with E-state index in [9.17, 15) is 0 Å². The molecule has 0 atom stereocenters. The number of para-hydroxylation sites is 3. The van der Waals surface area contributed by atoms with Gasteiger partial charge in [0.1, 0.15) is 0 Å². The summed E-state index contributed by atoms with van der Waals surface area (Å²) < 4.78 is 2.41. The summed E-state index contributed by atoms with van der Waals surface area (Å²) in [6.07, 6.45) is 0. The maximum absolute atomic E-state index is 2.48. The van der Waals surface area contributed by atoms with E-state index in [0.29, 0.717) is 0 Å². The lowest BCUT2D eigenvalue weighted by atomic mass is 9.91. The van der Waals surface area contributed by atoms with E-state index in [1.807, 2.05) is 0 Å². The summed E-state index contributed by atoms with van der Waals surface area (Å²) in [5.74, 6) is 0. The molecule has 0 spiro atoms. The van der Waals surface area contributed by atoms with Crippen LogP contribution in [0.5, 0.6) is 0 Å². The second-order valence-electron chi connectivity index (χ2n) is 15.3. The Balaban J connectivity index is 1.20. The van der Waals surface area contributed by atoms with Gasteiger partial charge in [0.15, 0.2) is 0 Å². The molecule has 2 heteroatoms. The van der Waals surface area contributed by atoms with Gasteiger partial charge in [-0.05, 0) is 92.7 Å². The maximum atomic E-state index is 2.48. The monoisotopic (exact) mass is 764 g/mol. The van der Waals surface area contributed by atoms with Gasteiger partial charge in [0.25, 0.3) is 0 Å². The van der Waals surface area contributed by atoms with Crippen LogP contribution in [0.4, 0.5) is 17.1 Å². The van der Waals surface area contributed by atoms with E-state index in [2.05, 4.69) is 252 Å². The molecule has 1 heterocycles. The van der Waals surface area contributed by atoms with Gasteiger partial charge in [0.2, 0.25) is 0 Å². The average molecular weight is 765 g/mol. The Morgan fingerprint density at radius 1 is 0.300 bits per heavy atom. The molecule has 0 aliphatic heterocycles.